The van der Waals surface area contributed by atoms with Crippen LogP contribution in [0.1, 0.15) is 11.5 Å². The van der Waals surface area contributed by atoms with Crippen molar-refractivity contribution >= 4 is 22.4 Å². The van der Waals surface area contributed by atoms with Gasteiger partial charge in [0.15, 0.2) is 17.3 Å². The lowest BCUT2D eigenvalue weighted by Gasteiger charge is -2.07. The van der Waals surface area contributed by atoms with Gasteiger partial charge in [0.05, 0.1) is 14.2 Å². The number of benzene rings is 1. The van der Waals surface area contributed by atoms with E-state index in [1.165, 1.54) is 15.9 Å². The predicted octanol–water partition coefficient (Wildman–Crippen LogP) is 2.28. The Balaban J connectivity index is 1.78. The minimum atomic E-state index is -0.224. The maximum Gasteiger partial charge on any atom is 0.291 e. The second kappa shape index (κ2) is 6.30. The molecule has 0 bridgehead atoms. The molecule has 0 saturated carbocycles. The van der Waals surface area contributed by atoms with Gasteiger partial charge in [0.1, 0.15) is 16.1 Å². The van der Waals surface area contributed by atoms with Gasteiger partial charge in [-0.1, -0.05) is 11.3 Å². The van der Waals surface area contributed by atoms with Crippen LogP contribution < -0.4 is 19.6 Å². The number of aromatic nitrogens is 3. The van der Waals surface area contributed by atoms with Crippen molar-refractivity contribution in [2.24, 2.45) is 0 Å². The number of hydrogen-bond acceptors (Lipinski definition) is 7. The van der Waals surface area contributed by atoms with Crippen LogP contribution in [-0.2, 0) is 0 Å². The van der Waals surface area contributed by atoms with Gasteiger partial charge in [-0.15, -0.1) is 5.10 Å². The van der Waals surface area contributed by atoms with Gasteiger partial charge in [0.2, 0.25) is 4.96 Å². The van der Waals surface area contributed by atoms with E-state index >= 15 is 0 Å². The van der Waals surface area contributed by atoms with E-state index in [0.717, 1.165) is 11.3 Å². The highest BCUT2D eigenvalue weighted by Gasteiger charge is 2.14. The molecule has 26 heavy (non-hydrogen) atoms. The topological polar surface area (TPSA) is 78.9 Å². The molecule has 0 amide bonds. The highest BCUT2D eigenvalue weighted by Crippen LogP contribution is 2.31. The number of ether oxygens (including phenoxy) is 2. The van der Waals surface area contributed by atoms with Crippen LogP contribution in [0.15, 0.2) is 39.5 Å². The summed E-state index contributed by atoms with van der Waals surface area (Å²) in [5.41, 5.74) is 0.517. The molecule has 1 aromatic carbocycles. The van der Waals surface area contributed by atoms with Crippen molar-refractivity contribution in [1.29, 1.82) is 0 Å². The molecule has 4 rings (SSSR count). The molecule has 4 aromatic rings. The van der Waals surface area contributed by atoms with Crippen molar-refractivity contribution in [3.63, 3.8) is 0 Å². The molecule has 7 nitrogen and oxygen atoms in total. The second-order valence-electron chi connectivity index (χ2n) is 5.56. The molecular formula is C18H15N3O4S. The largest absolute Gasteiger partial charge is 0.493 e. The zero-order valence-electron chi connectivity index (χ0n) is 14.3. The maximum absolute atomic E-state index is 12.6. The zero-order valence-corrected chi connectivity index (χ0v) is 15.2. The van der Waals surface area contributed by atoms with Crippen LogP contribution in [0.2, 0.25) is 0 Å². The van der Waals surface area contributed by atoms with Gasteiger partial charge >= 0.3 is 0 Å². The predicted molar refractivity (Wildman–Crippen MR) is 97.9 cm³/mol. The van der Waals surface area contributed by atoms with Crippen LogP contribution >= 0.6 is 11.3 Å². The van der Waals surface area contributed by atoms with Crippen LogP contribution in [0, 0.1) is 6.92 Å². The molecule has 0 unspecified atom stereocenters. The summed E-state index contributed by atoms with van der Waals surface area (Å²) in [5, 5.41) is 4.34. The molecule has 0 radical (unpaired) electrons. The Morgan fingerprint density at radius 3 is 2.62 bits per heavy atom. The maximum atomic E-state index is 12.6. The minimum absolute atomic E-state index is 0.224. The van der Waals surface area contributed by atoms with E-state index in [1.807, 2.05) is 25.1 Å². The van der Waals surface area contributed by atoms with Gasteiger partial charge in [0.25, 0.3) is 5.56 Å². The summed E-state index contributed by atoms with van der Waals surface area (Å²) in [7, 11) is 3.14. The molecule has 8 heteroatoms. The summed E-state index contributed by atoms with van der Waals surface area (Å²) in [6.45, 7) is 1.85. The van der Waals surface area contributed by atoms with E-state index in [-0.39, 0.29) is 5.56 Å². The van der Waals surface area contributed by atoms with Gasteiger partial charge in [-0.25, -0.2) is 0 Å². The lowest BCUT2D eigenvalue weighted by atomic mass is 10.2. The van der Waals surface area contributed by atoms with Gasteiger partial charge in [0, 0.05) is 11.6 Å². The van der Waals surface area contributed by atoms with E-state index in [0.29, 0.717) is 32.6 Å². The van der Waals surface area contributed by atoms with Crippen molar-refractivity contribution in [3.8, 4) is 22.9 Å². The standard InChI is InChI=1S/C18H15N3O4S/c1-10-4-6-12(25-10)9-15-17(22)21-18(26-15)19-16(20-21)11-5-7-13(23-2)14(8-11)24-3/h4-9H,1-3H3. The molecule has 3 aromatic heterocycles. The summed E-state index contributed by atoms with van der Waals surface area (Å²) in [6.07, 6.45) is 1.70. The Morgan fingerprint density at radius 2 is 1.96 bits per heavy atom. The van der Waals surface area contributed by atoms with Crippen molar-refractivity contribution < 1.29 is 13.9 Å². The highest BCUT2D eigenvalue weighted by atomic mass is 32.1. The average molecular weight is 369 g/mol. The van der Waals surface area contributed by atoms with Crippen molar-refractivity contribution in [3.05, 3.63) is 56.7 Å². The number of methoxy groups -OCH3 is 2. The number of fused-ring (bicyclic) bond motifs is 1. The molecule has 0 atom stereocenters. The summed E-state index contributed by atoms with van der Waals surface area (Å²) >= 11 is 1.27. The molecule has 0 fully saturated rings. The van der Waals surface area contributed by atoms with E-state index in [4.69, 9.17) is 13.9 Å². The van der Waals surface area contributed by atoms with E-state index in [2.05, 4.69) is 10.1 Å². The molecule has 0 aliphatic heterocycles. The van der Waals surface area contributed by atoms with E-state index < -0.39 is 0 Å². The quantitative estimate of drug-likeness (QED) is 0.549. The first kappa shape index (κ1) is 16.3. The Kier molecular flexibility index (Phi) is 3.96. The number of furan rings is 1. The first-order chi connectivity index (χ1) is 12.6. The minimum Gasteiger partial charge on any atom is -0.493 e. The van der Waals surface area contributed by atoms with Gasteiger partial charge in [-0.05, 0) is 37.3 Å². The highest BCUT2D eigenvalue weighted by molar-refractivity contribution is 7.15. The molecule has 3 heterocycles. The third-order valence-electron chi connectivity index (χ3n) is 3.86. The van der Waals surface area contributed by atoms with Crippen molar-refractivity contribution in [2.75, 3.05) is 14.2 Å². The third kappa shape index (κ3) is 2.74. The molecule has 0 spiro atoms. The molecule has 0 aliphatic carbocycles. The summed E-state index contributed by atoms with van der Waals surface area (Å²) in [6, 6.07) is 9.05. The lowest BCUT2D eigenvalue weighted by molar-refractivity contribution is 0.355. The fourth-order valence-corrected chi connectivity index (χ4v) is 3.48. The SMILES string of the molecule is COc1ccc(-c2nc3sc(=Cc4ccc(C)o4)c(=O)n3n2)cc1OC. The number of nitrogens with zero attached hydrogens (tertiary/aromatic N) is 3. The van der Waals surface area contributed by atoms with Crippen LogP contribution in [0.4, 0.5) is 0 Å². The van der Waals surface area contributed by atoms with Crippen LogP contribution in [-0.4, -0.2) is 28.8 Å². The van der Waals surface area contributed by atoms with E-state index in [1.54, 1.807) is 32.4 Å². The molecule has 0 aliphatic rings. The first-order valence-electron chi connectivity index (χ1n) is 7.79. The van der Waals surface area contributed by atoms with Crippen LogP contribution in [0.5, 0.6) is 11.5 Å². The molecule has 0 saturated heterocycles. The zero-order chi connectivity index (χ0) is 18.3. The third-order valence-corrected chi connectivity index (χ3v) is 4.82. The Bertz CT molecular complexity index is 1210. The van der Waals surface area contributed by atoms with Crippen LogP contribution in [0.25, 0.3) is 22.4 Å². The lowest BCUT2D eigenvalue weighted by Crippen LogP contribution is -2.23. The van der Waals surface area contributed by atoms with Gasteiger partial charge < -0.3 is 13.9 Å². The molecule has 132 valence electrons. The first-order valence-corrected chi connectivity index (χ1v) is 8.61. The fourth-order valence-electron chi connectivity index (χ4n) is 2.59. The second-order valence-corrected chi connectivity index (χ2v) is 6.57. The average Bonchev–Trinajstić information content (AvgIpc) is 3.32. The number of aryl methyl sites for hydroxylation is 1. The van der Waals surface area contributed by atoms with Gasteiger partial charge in [-0.2, -0.15) is 9.50 Å². The Morgan fingerprint density at radius 1 is 1.15 bits per heavy atom. The normalized spacial score (nSPS) is 12.0. The van der Waals surface area contributed by atoms with E-state index in [9.17, 15) is 4.79 Å². The summed E-state index contributed by atoms with van der Waals surface area (Å²) < 4.78 is 17.9. The Hall–Kier alpha value is -3.13. The number of thiazole rings is 1. The van der Waals surface area contributed by atoms with Crippen molar-refractivity contribution in [2.45, 2.75) is 6.92 Å². The van der Waals surface area contributed by atoms with Crippen molar-refractivity contribution in [1.82, 2.24) is 14.6 Å². The number of rotatable bonds is 4. The summed E-state index contributed by atoms with van der Waals surface area (Å²) in [4.78, 5) is 17.5. The molecular weight excluding hydrogens is 354 g/mol. The van der Waals surface area contributed by atoms with Gasteiger partial charge in [-0.3, -0.25) is 4.79 Å². The Labute approximate surface area is 152 Å². The molecule has 0 N–H and O–H groups in total. The fraction of sp³-hybridized carbons (Fsp3) is 0.167. The van der Waals surface area contributed by atoms with Crippen LogP contribution in [0.3, 0.4) is 0 Å². The number of hydrogen-bond donors (Lipinski definition) is 0. The monoisotopic (exact) mass is 369 g/mol. The summed E-state index contributed by atoms with van der Waals surface area (Å²) in [5.74, 6) is 3.07. The smallest absolute Gasteiger partial charge is 0.291 e.